The van der Waals surface area contributed by atoms with E-state index >= 15 is 0 Å². The van der Waals surface area contributed by atoms with Crippen molar-refractivity contribution in [1.82, 2.24) is 4.57 Å². The maximum absolute atomic E-state index is 2.53. The molecule has 0 unspecified atom stereocenters. The average molecular weight is 378 g/mol. The lowest BCUT2D eigenvalue weighted by Gasteiger charge is -2.05. The van der Waals surface area contributed by atoms with Crippen LogP contribution in [0.4, 0.5) is 0 Å². The molecule has 2 nitrogen and oxygen atoms in total. The number of hydrogen-bond acceptors (Lipinski definition) is 0. The normalized spacial score (nSPS) is 11.4. The lowest BCUT2D eigenvalue weighted by molar-refractivity contribution is -0.704. The molecule has 0 N–H and O–H groups in total. The second kappa shape index (κ2) is 17.3. The van der Waals surface area contributed by atoms with Crippen molar-refractivity contribution in [2.75, 3.05) is 0 Å². The largest absolute Gasteiger partial charge is 0.256 e. The molecular weight excluding hydrogens is 328 g/mol. The van der Waals surface area contributed by atoms with Crippen molar-refractivity contribution in [2.24, 2.45) is 0 Å². The monoisotopic (exact) mass is 377 g/mol. The predicted molar refractivity (Wildman–Crippen MR) is 119 cm³/mol. The predicted octanol–water partition coefficient (Wildman–Crippen LogP) is 7.62. The van der Waals surface area contributed by atoms with Gasteiger partial charge in [-0.2, -0.15) is 0 Å². The molecule has 1 heterocycles. The molecule has 1 aromatic heterocycles. The van der Waals surface area contributed by atoms with E-state index in [0.29, 0.717) is 0 Å². The third kappa shape index (κ3) is 11.6. The summed E-state index contributed by atoms with van der Waals surface area (Å²) >= 11 is 0. The summed E-state index contributed by atoms with van der Waals surface area (Å²) in [6.07, 6.45) is 28.3. The second-order valence-electron chi connectivity index (χ2n) is 8.45. The van der Waals surface area contributed by atoms with E-state index in [9.17, 15) is 0 Å². The maximum Gasteiger partial charge on any atom is 0.256 e. The minimum Gasteiger partial charge on any atom is -0.234 e. The zero-order valence-electron chi connectivity index (χ0n) is 19.0. The SMILES string of the molecule is CCCCCCCCCCCCCCC[n+]1ccn(CCCC)c1CCC. The Kier molecular flexibility index (Phi) is 15.6. The van der Waals surface area contributed by atoms with Crippen molar-refractivity contribution in [1.29, 1.82) is 0 Å². The fourth-order valence-corrected chi connectivity index (χ4v) is 4.04. The Morgan fingerprint density at radius 3 is 1.67 bits per heavy atom. The van der Waals surface area contributed by atoms with Gasteiger partial charge in [-0.3, -0.25) is 0 Å². The quantitative estimate of drug-likeness (QED) is 0.173. The summed E-state index contributed by atoms with van der Waals surface area (Å²) in [6.45, 7) is 9.29. The molecule has 0 saturated carbocycles. The summed E-state index contributed by atoms with van der Waals surface area (Å²) in [4.78, 5) is 0. The van der Waals surface area contributed by atoms with E-state index in [2.05, 4.69) is 42.3 Å². The molecule has 0 fully saturated rings. The van der Waals surface area contributed by atoms with Crippen molar-refractivity contribution in [3.63, 3.8) is 0 Å². The fourth-order valence-electron chi connectivity index (χ4n) is 4.04. The van der Waals surface area contributed by atoms with Crippen LogP contribution in [0.15, 0.2) is 12.4 Å². The number of hydrogen-bond donors (Lipinski definition) is 0. The molecule has 1 aromatic rings. The van der Waals surface area contributed by atoms with E-state index < -0.39 is 0 Å². The van der Waals surface area contributed by atoms with Crippen molar-refractivity contribution >= 4 is 0 Å². The van der Waals surface area contributed by atoms with Gasteiger partial charge in [-0.15, -0.1) is 0 Å². The van der Waals surface area contributed by atoms with Crippen LogP contribution >= 0.6 is 0 Å². The van der Waals surface area contributed by atoms with Gasteiger partial charge in [0.25, 0.3) is 5.82 Å². The number of unbranched alkanes of at least 4 members (excludes halogenated alkanes) is 13. The van der Waals surface area contributed by atoms with Crippen LogP contribution in [0.2, 0.25) is 0 Å². The first-order valence-corrected chi connectivity index (χ1v) is 12.4. The summed E-state index contributed by atoms with van der Waals surface area (Å²) in [5.41, 5.74) is 0. The first-order valence-electron chi connectivity index (χ1n) is 12.4. The van der Waals surface area contributed by atoms with E-state index in [4.69, 9.17) is 0 Å². The third-order valence-electron chi connectivity index (χ3n) is 5.82. The average Bonchev–Trinajstić information content (AvgIpc) is 3.06. The van der Waals surface area contributed by atoms with Crippen LogP contribution in [0.1, 0.15) is 129 Å². The van der Waals surface area contributed by atoms with Gasteiger partial charge in [-0.1, -0.05) is 97.8 Å². The minimum absolute atomic E-state index is 1.19. The summed E-state index contributed by atoms with van der Waals surface area (Å²) in [5, 5.41) is 0. The van der Waals surface area contributed by atoms with Crippen LogP contribution in [0.25, 0.3) is 0 Å². The molecule has 2 heteroatoms. The Labute approximate surface area is 170 Å². The van der Waals surface area contributed by atoms with Crippen LogP contribution in [0, 0.1) is 0 Å². The van der Waals surface area contributed by atoms with E-state index in [1.165, 1.54) is 122 Å². The Bertz CT molecular complexity index is 436. The standard InChI is InChI=1S/C25H49N2/c1-4-7-9-10-11-12-13-14-15-16-17-18-19-22-27-24-23-26(21-8-5-2)25(27)20-6-3/h23-24H,4-22H2,1-3H3/q+1. The number of imidazole rings is 1. The van der Waals surface area contributed by atoms with Gasteiger partial charge in [0.05, 0.1) is 13.1 Å². The highest BCUT2D eigenvalue weighted by molar-refractivity contribution is 4.83. The van der Waals surface area contributed by atoms with Crippen LogP contribution in [0.5, 0.6) is 0 Å². The highest BCUT2D eigenvalue weighted by atomic mass is 15.1. The summed E-state index contributed by atoms with van der Waals surface area (Å²) in [7, 11) is 0. The number of nitrogens with zero attached hydrogens (tertiary/aromatic N) is 2. The molecule has 0 spiro atoms. The molecule has 1 rings (SSSR count). The lowest BCUT2D eigenvalue weighted by Crippen LogP contribution is -2.37. The van der Waals surface area contributed by atoms with Crippen LogP contribution in [-0.2, 0) is 19.5 Å². The number of aromatic nitrogens is 2. The zero-order chi connectivity index (χ0) is 19.6. The van der Waals surface area contributed by atoms with Gasteiger partial charge in [0.1, 0.15) is 12.4 Å². The molecule has 0 amide bonds. The topological polar surface area (TPSA) is 8.81 Å². The van der Waals surface area contributed by atoms with E-state index in [-0.39, 0.29) is 0 Å². The Balaban J connectivity index is 2.04. The Morgan fingerprint density at radius 2 is 1.15 bits per heavy atom. The smallest absolute Gasteiger partial charge is 0.234 e. The molecule has 0 atom stereocenters. The maximum atomic E-state index is 2.53. The summed E-state index contributed by atoms with van der Waals surface area (Å²) in [6, 6.07) is 0. The van der Waals surface area contributed by atoms with Gasteiger partial charge in [0.2, 0.25) is 0 Å². The summed E-state index contributed by atoms with van der Waals surface area (Å²) in [5.74, 6) is 1.55. The highest BCUT2D eigenvalue weighted by Gasteiger charge is 2.15. The molecule has 0 radical (unpaired) electrons. The number of aryl methyl sites for hydroxylation is 2. The van der Waals surface area contributed by atoms with Gasteiger partial charge in [0.15, 0.2) is 0 Å². The van der Waals surface area contributed by atoms with E-state index in [1.807, 2.05) is 0 Å². The van der Waals surface area contributed by atoms with Gasteiger partial charge in [0, 0.05) is 6.42 Å². The molecule has 0 aliphatic carbocycles. The van der Waals surface area contributed by atoms with Gasteiger partial charge >= 0.3 is 0 Å². The van der Waals surface area contributed by atoms with Crippen LogP contribution < -0.4 is 4.57 Å². The van der Waals surface area contributed by atoms with E-state index in [0.717, 1.165) is 0 Å². The minimum atomic E-state index is 1.19. The zero-order valence-corrected chi connectivity index (χ0v) is 19.0. The first-order chi connectivity index (χ1) is 13.3. The molecular formula is C25H49N2+. The van der Waals surface area contributed by atoms with Crippen molar-refractivity contribution in [2.45, 2.75) is 143 Å². The highest BCUT2D eigenvalue weighted by Crippen LogP contribution is 2.12. The first kappa shape index (κ1) is 24.2. The third-order valence-corrected chi connectivity index (χ3v) is 5.82. The van der Waals surface area contributed by atoms with Gasteiger partial charge in [-0.05, 0) is 25.7 Å². The van der Waals surface area contributed by atoms with Crippen molar-refractivity contribution < 1.29 is 4.57 Å². The van der Waals surface area contributed by atoms with Gasteiger partial charge < -0.3 is 0 Å². The Hall–Kier alpha value is -0.790. The molecule has 0 aliphatic heterocycles. The molecule has 0 aromatic carbocycles. The molecule has 27 heavy (non-hydrogen) atoms. The van der Waals surface area contributed by atoms with Crippen molar-refractivity contribution in [3.05, 3.63) is 18.2 Å². The number of rotatable bonds is 19. The van der Waals surface area contributed by atoms with Crippen LogP contribution in [-0.4, -0.2) is 4.57 Å². The Morgan fingerprint density at radius 1 is 0.630 bits per heavy atom. The fraction of sp³-hybridized carbons (Fsp3) is 0.880. The molecule has 158 valence electrons. The van der Waals surface area contributed by atoms with E-state index in [1.54, 1.807) is 5.82 Å². The molecule has 0 aliphatic rings. The summed E-state index contributed by atoms with van der Waals surface area (Å²) < 4.78 is 5.02. The molecule has 0 bridgehead atoms. The van der Waals surface area contributed by atoms with Crippen molar-refractivity contribution in [3.8, 4) is 0 Å². The second-order valence-corrected chi connectivity index (χ2v) is 8.45. The molecule has 0 saturated heterocycles. The van der Waals surface area contributed by atoms with Gasteiger partial charge in [-0.25, -0.2) is 9.13 Å². The van der Waals surface area contributed by atoms with Crippen LogP contribution in [0.3, 0.4) is 0 Å². The lowest BCUT2D eigenvalue weighted by atomic mass is 10.0.